The number of aliphatic hydroxyl groups excluding tert-OH is 1. The fraction of sp³-hybridized carbons (Fsp3) is 0.765. The third kappa shape index (κ3) is 2.76. The second-order valence-electron chi connectivity index (χ2n) is 7.33. The number of nitrogens with zero attached hydrogens (tertiary/aromatic N) is 3. The molecule has 0 aromatic carbocycles. The largest absolute Gasteiger partial charge is 0.393 e. The summed E-state index contributed by atoms with van der Waals surface area (Å²) in [4.78, 5) is 22.1. The third-order valence-electron chi connectivity index (χ3n) is 5.92. The van der Waals surface area contributed by atoms with E-state index in [-0.39, 0.29) is 11.5 Å². The fourth-order valence-corrected chi connectivity index (χ4v) is 5.28. The van der Waals surface area contributed by atoms with E-state index in [9.17, 15) is 9.90 Å². The van der Waals surface area contributed by atoms with Crippen LogP contribution in [0.15, 0.2) is 11.6 Å². The lowest BCUT2D eigenvalue weighted by molar-refractivity contribution is -0.139. The van der Waals surface area contributed by atoms with Gasteiger partial charge >= 0.3 is 0 Å². The van der Waals surface area contributed by atoms with Gasteiger partial charge in [0.2, 0.25) is 5.91 Å². The van der Waals surface area contributed by atoms with Crippen LogP contribution in [0.1, 0.15) is 44.9 Å². The highest BCUT2D eigenvalue weighted by molar-refractivity contribution is 7.13. The van der Waals surface area contributed by atoms with E-state index in [1.807, 2.05) is 11.6 Å². The molecule has 0 bridgehead atoms. The van der Waals surface area contributed by atoms with Crippen molar-refractivity contribution in [2.45, 2.75) is 57.1 Å². The Morgan fingerprint density at radius 2 is 2.04 bits per heavy atom. The van der Waals surface area contributed by atoms with Crippen molar-refractivity contribution in [3.8, 4) is 0 Å². The SMILES string of the molecule is O=C1N([C@H]2CC[C@H](O)CC2)CC[C@@]12CCCN(c1nccs1)C2. The Kier molecular flexibility index (Phi) is 4.05. The van der Waals surface area contributed by atoms with Gasteiger partial charge in [-0.2, -0.15) is 0 Å². The minimum atomic E-state index is -0.194. The van der Waals surface area contributed by atoms with E-state index in [0.717, 1.165) is 69.7 Å². The van der Waals surface area contributed by atoms with Crippen LogP contribution >= 0.6 is 11.3 Å². The summed E-state index contributed by atoms with van der Waals surface area (Å²) in [5.41, 5.74) is -0.194. The monoisotopic (exact) mass is 335 g/mol. The van der Waals surface area contributed by atoms with E-state index in [1.165, 1.54) is 0 Å². The minimum Gasteiger partial charge on any atom is -0.393 e. The molecule has 0 unspecified atom stereocenters. The smallest absolute Gasteiger partial charge is 0.230 e. The first-order chi connectivity index (χ1) is 11.2. The number of hydrogen-bond acceptors (Lipinski definition) is 5. The number of aromatic nitrogens is 1. The predicted molar refractivity (Wildman–Crippen MR) is 90.6 cm³/mol. The summed E-state index contributed by atoms with van der Waals surface area (Å²) in [6, 6.07) is 0.348. The third-order valence-corrected chi connectivity index (χ3v) is 6.75. The number of hydrogen-bond donors (Lipinski definition) is 1. The summed E-state index contributed by atoms with van der Waals surface area (Å²) in [7, 11) is 0. The number of rotatable bonds is 2. The van der Waals surface area contributed by atoms with Crippen LogP contribution in [0, 0.1) is 5.41 Å². The molecule has 1 N–H and O–H groups in total. The van der Waals surface area contributed by atoms with Crippen molar-refractivity contribution < 1.29 is 9.90 Å². The van der Waals surface area contributed by atoms with Gasteiger partial charge in [0.25, 0.3) is 0 Å². The summed E-state index contributed by atoms with van der Waals surface area (Å²) >= 11 is 1.66. The topological polar surface area (TPSA) is 56.7 Å². The second-order valence-corrected chi connectivity index (χ2v) is 8.20. The van der Waals surface area contributed by atoms with E-state index in [2.05, 4.69) is 14.8 Å². The van der Waals surface area contributed by atoms with Crippen molar-refractivity contribution >= 4 is 22.4 Å². The van der Waals surface area contributed by atoms with Crippen molar-refractivity contribution in [2.24, 2.45) is 5.41 Å². The van der Waals surface area contributed by atoms with Crippen LogP contribution in [0.3, 0.4) is 0 Å². The summed E-state index contributed by atoms with van der Waals surface area (Å²) < 4.78 is 0. The lowest BCUT2D eigenvalue weighted by Gasteiger charge is -2.40. The molecular formula is C17H25N3O2S. The van der Waals surface area contributed by atoms with E-state index in [1.54, 1.807) is 11.3 Å². The molecule has 23 heavy (non-hydrogen) atoms. The standard InChI is InChI=1S/C17H25N3O2S/c21-14-4-2-13(3-5-14)20-10-7-17(15(20)22)6-1-9-19(12-17)16-18-8-11-23-16/h8,11,13-14,21H,1-7,9-10,12H2/t13-,14-,17-/m1/s1. The lowest BCUT2D eigenvalue weighted by atomic mass is 9.78. The molecule has 3 aliphatic rings. The van der Waals surface area contributed by atoms with Gasteiger partial charge in [-0.05, 0) is 44.9 Å². The Bertz CT molecular complexity index is 556. The van der Waals surface area contributed by atoms with Crippen LogP contribution in [0.25, 0.3) is 0 Å². The minimum absolute atomic E-state index is 0.159. The van der Waals surface area contributed by atoms with E-state index in [4.69, 9.17) is 0 Å². The molecule has 1 saturated carbocycles. The average Bonchev–Trinajstić information content (AvgIpc) is 3.20. The molecule has 1 atom stereocenters. The van der Waals surface area contributed by atoms with Crippen LogP contribution in [0.2, 0.25) is 0 Å². The first kappa shape index (κ1) is 15.4. The van der Waals surface area contributed by atoms with Gasteiger partial charge in [-0.15, -0.1) is 11.3 Å². The summed E-state index contributed by atoms with van der Waals surface area (Å²) in [5, 5.41) is 12.8. The number of piperidine rings is 1. The molecule has 2 saturated heterocycles. The molecule has 5 nitrogen and oxygen atoms in total. The van der Waals surface area contributed by atoms with Crippen molar-refractivity contribution in [1.29, 1.82) is 0 Å². The quantitative estimate of drug-likeness (QED) is 0.901. The first-order valence-electron chi connectivity index (χ1n) is 8.82. The van der Waals surface area contributed by atoms with Crippen LogP contribution in [-0.2, 0) is 4.79 Å². The van der Waals surface area contributed by atoms with Crippen LogP contribution in [0.5, 0.6) is 0 Å². The van der Waals surface area contributed by atoms with Gasteiger partial charge in [0.05, 0.1) is 11.5 Å². The van der Waals surface area contributed by atoms with Gasteiger partial charge in [0.1, 0.15) is 0 Å². The molecule has 1 aromatic heterocycles. The van der Waals surface area contributed by atoms with Gasteiger partial charge in [-0.25, -0.2) is 4.98 Å². The highest BCUT2D eigenvalue weighted by Crippen LogP contribution is 2.43. The molecule has 2 aliphatic heterocycles. The van der Waals surface area contributed by atoms with E-state index in [0.29, 0.717) is 11.9 Å². The Hall–Kier alpha value is -1.14. The molecule has 0 radical (unpaired) electrons. The Morgan fingerprint density at radius 1 is 1.22 bits per heavy atom. The number of anilines is 1. The van der Waals surface area contributed by atoms with Crippen molar-refractivity contribution in [3.63, 3.8) is 0 Å². The molecule has 3 heterocycles. The van der Waals surface area contributed by atoms with Crippen molar-refractivity contribution in [2.75, 3.05) is 24.5 Å². The summed E-state index contributed by atoms with van der Waals surface area (Å²) in [6.45, 7) is 2.73. The molecule has 1 spiro atoms. The summed E-state index contributed by atoms with van der Waals surface area (Å²) in [6.07, 6.45) is 8.34. The molecule has 4 rings (SSSR count). The Balaban J connectivity index is 1.47. The number of thiazole rings is 1. The zero-order valence-corrected chi connectivity index (χ0v) is 14.3. The Morgan fingerprint density at radius 3 is 2.78 bits per heavy atom. The first-order valence-corrected chi connectivity index (χ1v) is 9.69. The molecule has 3 fully saturated rings. The van der Waals surface area contributed by atoms with Crippen molar-refractivity contribution in [3.05, 3.63) is 11.6 Å². The number of carbonyl (C=O) groups is 1. The number of aliphatic hydroxyl groups is 1. The van der Waals surface area contributed by atoms with Crippen LogP contribution < -0.4 is 4.90 Å². The fourth-order valence-electron chi connectivity index (χ4n) is 4.61. The van der Waals surface area contributed by atoms with Crippen LogP contribution in [0.4, 0.5) is 5.13 Å². The number of amides is 1. The van der Waals surface area contributed by atoms with Gasteiger partial charge in [0, 0.05) is 37.3 Å². The van der Waals surface area contributed by atoms with Gasteiger partial charge in [0.15, 0.2) is 5.13 Å². The maximum absolute atomic E-state index is 13.2. The molecular weight excluding hydrogens is 310 g/mol. The maximum atomic E-state index is 13.2. The number of carbonyl (C=O) groups excluding carboxylic acids is 1. The Labute approximate surface area is 141 Å². The molecule has 126 valence electrons. The lowest BCUT2D eigenvalue weighted by Crippen LogP contribution is -2.50. The predicted octanol–water partition coefficient (Wildman–Crippen LogP) is 2.27. The zero-order valence-electron chi connectivity index (χ0n) is 13.5. The van der Waals surface area contributed by atoms with Crippen molar-refractivity contribution in [1.82, 2.24) is 9.88 Å². The molecule has 6 heteroatoms. The normalized spacial score (nSPS) is 35.3. The highest BCUT2D eigenvalue weighted by atomic mass is 32.1. The second kappa shape index (κ2) is 6.06. The highest BCUT2D eigenvalue weighted by Gasteiger charge is 2.50. The van der Waals surface area contributed by atoms with Crippen LogP contribution in [-0.4, -0.2) is 52.7 Å². The van der Waals surface area contributed by atoms with E-state index >= 15 is 0 Å². The molecule has 1 aliphatic carbocycles. The van der Waals surface area contributed by atoms with Gasteiger partial charge in [-0.1, -0.05) is 0 Å². The molecule has 1 amide bonds. The van der Waals surface area contributed by atoms with Gasteiger partial charge in [-0.3, -0.25) is 4.79 Å². The number of likely N-dealkylation sites (tertiary alicyclic amines) is 1. The average molecular weight is 335 g/mol. The molecule has 1 aromatic rings. The van der Waals surface area contributed by atoms with Gasteiger partial charge < -0.3 is 14.9 Å². The maximum Gasteiger partial charge on any atom is 0.230 e. The summed E-state index contributed by atoms with van der Waals surface area (Å²) in [5.74, 6) is 0.361. The van der Waals surface area contributed by atoms with E-state index < -0.39 is 0 Å². The zero-order chi connectivity index (χ0) is 15.9.